The summed E-state index contributed by atoms with van der Waals surface area (Å²) in [6, 6.07) is 16.2. The molecule has 1 unspecified atom stereocenters. The zero-order valence-corrected chi connectivity index (χ0v) is 17.3. The Morgan fingerprint density at radius 2 is 1.58 bits per heavy atom. The number of hydrogen-bond donors (Lipinski definition) is 0. The van der Waals surface area contributed by atoms with Gasteiger partial charge in [-0.15, -0.1) is 0 Å². The maximum Gasteiger partial charge on any atom is 0.218 e. The molecule has 0 amide bonds. The van der Waals surface area contributed by atoms with Crippen LogP contribution in [0.2, 0.25) is 5.02 Å². The zero-order chi connectivity index (χ0) is 19.2. The fourth-order valence-corrected chi connectivity index (χ4v) is 4.19. The first-order chi connectivity index (χ1) is 12.0. The molecule has 1 heterocycles. The highest BCUT2D eigenvalue weighted by Gasteiger charge is 2.42. The van der Waals surface area contributed by atoms with Crippen molar-refractivity contribution in [1.82, 2.24) is 0 Å². The predicted molar refractivity (Wildman–Crippen MR) is 110 cm³/mol. The molecule has 1 aliphatic heterocycles. The van der Waals surface area contributed by atoms with Crippen LogP contribution in [0.3, 0.4) is 0 Å². The van der Waals surface area contributed by atoms with Crippen molar-refractivity contribution in [2.45, 2.75) is 59.1 Å². The lowest BCUT2D eigenvalue weighted by molar-refractivity contribution is 0.132. The van der Waals surface area contributed by atoms with Gasteiger partial charge in [0.15, 0.2) is 5.60 Å². The van der Waals surface area contributed by atoms with Gasteiger partial charge in [-0.25, -0.2) is 4.99 Å². The molecule has 2 aromatic carbocycles. The number of fused-ring (bicyclic) bond motifs is 1. The third-order valence-electron chi connectivity index (χ3n) is 4.73. The number of hydrogen-bond acceptors (Lipinski definition) is 2. The summed E-state index contributed by atoms with van der Waals surface area (Å²) in [6.45, 7) is 13.2. The topological polar surface area (TPSA) is 21.6 Å². The van der Waals surface area contributed by atoms with E-state index in [0.717, 1.165) is 34.0 Å². The lowest BCUT2D eigenvalue weighted by atomic mass is 9.82. The summed E-state index contributed by atoms with van der Waals surface area (Å²) in [5.41, 5.74) is 2.74. The van der Waals surface area contributed by atoms with E-state index in [1.807, 2.05) is 30.3 Å². The quantitative estimate of drug-likeness (QED) is 0.597. The van der Waals surface area contributed by atoms with Gasteiger partial charge in [0, 0.05) is 16.1 Å². The van der Waals surface area contributed by atoms with E-state index in [2.05, 4.69) is 59.7 Å². The second-order valence-corrected chi connectivity index (χ2v) is 9.59. The largest absolute Gasteiger partial charge is 0.461 e. The summed E-state index contributed by atoms with van der Waals surface area (Å²) in [5, 5.41) is 0.726. The van der Waals surface area contributed by atoms with Gasteiger partial charge in [-0.3, -0.25) is 0 Å². The zero-order valence-electron chi connectivity index (χ0n) is 16.6. The molecule has 3 rings (SSSR count). The summed E-state index contributed by atoms with van der Waals surface area (Å²) in [6.07, 6.45) is 0.979. The molecule has 0 aromatic heterocycles. The summed E-state index contributed by atoms with van der Waals surface area (Å²) in [4.78, 5) is 5.04. The van der Waals surface area contributed by atoms with Crippen LogP contribution in [-0.2, 0) is 10.3 Å². The number of benzene rings is 2. The van der Waals surface area contributed by atoms with Crippen molar-refractivity contribution >= 4 is 17.5 Å². The molecule has 138 valence electrons. The Bertz CT molecular complexity index is 830. The molecule has 1 atom stereocenters. The molecule has 26 heavy (non-hydrogen) atoms. The van der Waals surface area contributed by atoms with Gasteiger partial charge in [0.2, 0.25) is 5.90 Å². The van der Waals surface area contributed by atoms with Crippen LogP contribution >= 0.6 is 11.6 Å². The molecule has 0 bridgehead atoms. The number of aliphatic imine (C=N–C) groups is 1. The second-order valence-electron chi connectivity index (χ2n) is 9.15. The van der Waals surface area contributed by atoms with Gasteiger partial charge in [0.25, 0.3) is 0 Å². The van der Waals surface area contributed by atoms with Crippen LogP contribution in [0.25, 0.3) is 0 Å². The van der Waals surface area contributed by atoms with E-state index in [-0.39, 0.29) is 11.0 Å². The molecule has 2 nitrogen and oxygen atoms in total. The third kappa shape index (κ3) is 3.81. The normalized spacial score (nSPS) is 21.6. The molecular formula is C23H28ClNO. The number of ether oxygens (including phenoxy) is 1. The van der Waals surface area contributed by atoms with E-state index in [4.69, 9.17) is 21.3 Å². The highest BCUT2D eigenvalue weighted by molar-refractivity contribution is 6.30. The van der Waals surface area contributed by atoms with Crippen LogP contribution in [0.15, 0.2) is 53.5 Å². The van der Waals surface area contributed by atoms with Gasteiger partial charge < -0.3 is 4.74 Å². The fourth-order valence-electron chi connectivity index (χ4n) is 4.07. The van der Waals surface area contributed by atoms with Crippen LogP contribution in [0.1, 0.15) is 64.7 Å². The maximum atomic E-state index is 6.50. The minimum Gasteiger partial charge on any atom is -0.461 e. The first-order valence-corrected chi connectivity index (χ1v) is 9.53. The van der Waals surface area contributed by atoms with Crippen LogP contribution in [0.4, 0.5) is 0 Å². The Morgan fingerprint density at radius 3 is 2.19 bits per heavy atom. The van der Waals surface area contributed by atoms with Gasteiger partial charge in [0.05, 0.1) is 5.54 Å². The lowest BCUT2D eigenvalue weighted by Gasteiger charge is -2.30. The molecule has 0 N–H and O–H groups in total. The Morgan fingerprint density at radius 1 is 0.962 bits per heavy atom. The Kier molecular flexibility index (Phi) is 4.69. The van der Waals surface area contributed by atoms with Crippen molar-refractivity contribution in [3.05, 3.63) is 70.2 Å². The molecule has 0 radical (unpaired) electrons. The summed E-state index contributed by atoms with van der Waals surface area (Å²) in [7, 11) is 0. The van der Waals surface area contributed by atoms with Crippen LogP contribution < -0.4 is 0 Å². The molecule has 0 saturated carbocycles. The van der Waals surface area contributed by atoms with Gasteiger partial charge in [-0.2, -0.15) is 0 Å². The molecule has 0 fully saturated rings. The Balaban J connectivity index is 2.06. The van der Waals surface area contributed by atoms with Crippen molar-refractivity contribution < 1.29 is 4.74 Å². The first-order valence-electron chi connectivity index (χ1n) is 9.15. The van der Waals surface area contributed by atoms with Gasteiger partial charge in [-0.1, -0.05) is 62.7 Å². The monoisotopic (exact) mass is 369 g/mol. The van der Waals surface area contributed by atoms with Gasteiger partial charge in [-0.05, 0) is 56.4 Å². The van der Waals surface area contributed by atoms with Gasteiger partial charge in [0.1, 0.15) is 0 Å². The van der Waals surface area contributed by atoms with Gasteiger partial charge >= 0.3 is 0 Å². The van der Waals surface area contributed by atoms with E-state index < -0.39 is 5.60 Å². The standard InChI is InChI=1S/C23H28ClNO/c1-21(2,3)15-22(4,5)25-20-18-9-7-8-10-19(18)23(6,26-20)16-11-13-17(24)14-12-16/h7-14H,15H2,1-6H3. The summed E-state index contributed by atoms with van der Waals surface area (Å²) in [5.74, 6) is 0.729. The fraction of sp³-hybridized carbons (Fsp3) is 0.435. The van der Waals surface area contributed by atoms with Crippen molar-refractivity contribution in [2.24, 2.45) is 10.4 Å². The Hall–Kier alpha value is -1.80. The SMILES string of the molecule is CC(C)(C)CC(C)(C)N=C1OC(C)(c2ccc(Cl)cc2)c2ccccc21. The second kappa shape index (κ2) is 6.42. The summed E-state index contributed by atoms with van der Waals surface area (Å²) >= 11 is 6.08. The van der Waals surface area contributed by atoms with Crippen molar-refractivity contribution in [3.8, 4) is 0 Å². The van der Waals surface area contributed by atoms with E-state index in [0.29, 0.717) is 0 Å². The number of rotatable bonds is 3. The molecule has 0 aliphatic carbocycles. The van der Waals surface area contributed by atoms with Crippen LogP contribution in [-0.4, -0.2) is 11.4 Å². The average Bonchev–Trinajstić information content (AvgIpc) is 2.79. The molecule has 1 aliphatic rings. The number of halogens is 1. The molecular weight excluding hydrogens is 342 g/mol. The highest BCUT2D eigenvalue weighted by atomic mass is 35.5. The third-order valence-corrected chi connectivity index (χ3v) is 4.99. The van der Waals surface area contributed by atoms with E-state index in [1.165, 1.54) is 0 Å². The molecule has 2 aromatic rings. The Labute approximate surface area is 162 Å². The van der Waals surface area contributed by atoms with Crippen molar-refractivity contribution in [1.29, 1.82) is 0 Å². The number of nitrogens with zero attached hydrogens (tertiary/aromatic N) is 1. The minimum atomic E-state index is -0.558. The minimum absolute atomic E-state index is 0.200. The highest BCUT2D eigenvalue weighted by Crippen LogP contribution is 2.43. The smallest absolute Gasteiger partial charge is 0.218 e. The van der Waals surface area contributed by atoms with E-state index in [1.54, 1.807) is 0 Å². The lowest BCUT2D eigenvalue weighted by Crippen LogP contribution is -2.28. The van der Waals surface area contributed by atoms with Crippen molar-refractivity contribution in [2.75, 3.05) is 0 Å². The van der Waals surface area contributed by atoms with Crippen LogP contribution in [0, 0.1) is 5.41 Å². The van der Waals surface area contributed by atoms with E-state index >= 15 is 0 Å². The summed E-state index contributed by atoms with van der Waals surface area (Å²) < 4.78 is 6.50. The van der Waals surface area contributed by atoms with Crippen molar-refractivity contribution in [3.63, 3.8) is 0 Å². The molecule has 0 saturated heterocycles. The van der Waals surface area contributed by atoms with Crippen LogP contribution in [0.5, 0.6) is 0 Å². The first kappa shape index (κ1) is 19.0. The predicted octanol–water partition coefficient (Wildman–Crippen LogP) is 6.60. The van der Waals surface area contributed by atoms with E-state index in [9.17, 15) is 0 Å². The molecule has 3 heteroatoms. The average molecular weight is 370 g/mol. The maximum absolute atomic E-state index is 6.50. The molecule has 0 spiro atoms.